The summed E-state index contributed by atoms with van der Waals surface area (Å²) in [4.78, 5) is 23.6. The van der Waals surface area contributed by atoms with Gasteiger partial charge in [-0.15, -0.1) is 6.58 Å². The van der Waals surface area contributed by atoms with E-state index in [1.165, 1.54) is 4.90 Å². The Morgan fingerprint density at radius 1 is 1.62 bits per heavy atom. The quantitative estimate of drug-likeness (QED) is 0.601. The van der Waals surface area contributed by atoms with E-state index < -0.39 is 12.0 Å². The first-order valence-electron chi connectivity index (χ1n) is 5.05. The van der Waals surface area contributed by atoms with Crippen LogP contribution >= 0.6 is 0 Å². The van der Waals surface area contributed by atoms with Crippen LogP contribution < -0.4 is 5.73 Å². The summed E-state index contributed by atoms with van der Waals surface area (Å²) in [6.45, 7) is 3.95. The third kappa shape index (κ3) is 2.80. The highest BCUT2D eigenvalue weighted by molar-refractivity contribution is 5.85. The van der Waals surface area contributed by atoms with Gasteiger partial charge in [0.05, 0.1) is 19.3 Å². The molecule has 90 valence electrons. The smallest absolute Gasteiger partial charge is 0.326 e. The number of carboxylic acid groups (broad SMARTS) is 1. The van der Waals surface area contributed by atoms with Crippen molar-refractivity contribution in [3.05, 3.63) is 12.7 Å². The standard InChI is InChI=1S/C10H16N2O4/c1-2-3-16-7-4-8(10(14)15)12(6-7)9(13)5-11/h2,7-8H,1,3-6,11H2,(H,14,15)/t7-,8+/m1/s1. The minimum atomic E-state index is -1.02. The number of aliphatic carboxylic acids is 1. The normalized spacial score (nSPS) is 24.4. The summed E-state index contributed by atoms with van der Waals surface area (Å²) in [7, 11) is 0. The van der Waals surface area contributed by atoms with E-state index in [0.29, 0.717) is 13.0 Å². The van der Waals surface area contributed by atoms with Crippen molar-refractivity contribution in [3.63, 3.8) is 0 Å². The number of amides is 1. The van der Waals surface area contributed by atoms with Gasteiger partial charge in [-0.05, 0) is 0 Å². The van der Waals surface area contributed by atoms with Crippen LogP contribution in [0.25, 0.3) is 0 Å². The van der Waals surface area contributed by atoms with Crippen LogP contribution in [0.4, 0.5) is 0 Å². The molecule has 3 N–H and O–H groups in total. The van der Waals surface area contributed by atoms with E-state index in [1.807, 2.05) is 0 Å². The van der Waals surface area contributed by atoms with Gasteiger partial charge in [0.2, 0.25) is 5.91 Å². The molecular weight excluding hydrogens is 212 g/mol. The molecule has 0 saturated carbocycles. The van der Waals surface area contributed by atoms with Crippen LogP contribution in [0.3, 0.4) is 0 Å². The van der Waals surface area contributed by atoms with Crippen molar-refractivity contribution in [2.45, 2.75) is 18.6 Å². The van der Waals surface area contributed by atoms with Crippen molar-refractivity contribution in [1.82, 2.24) is 4.90 Å². The van der Waals surface area contributed by atoms with E-state index in [9.17, 15) is 9.59 Å². The van der Waals surface area contributed by atoms with Crippen molar-refractivity contribution in [2.75, 3.05) is 19.7 Å². The summed E-state index contributed by atoms with van der Waals surface area (Å²) < 4.78 is 5.34. The Kier molecular flexibility index (Phi) is 4.45. The first-order chi connectivity index (χ1) is 7.60. The molecule has 6 heteroatoms. The third-order valence-electron chi connectivity index (χ3n) is 2.49. The average molecular weight is 228 g/mol. The lowest BCUT2D eigenvalue weighted by Crippen LogP contribution is -2.43. The van der Waals surface area contributed by atoms with Gasteiger partial charge in [-0.3, -0.25) is 4.79 Å². The van der Waals surface area contributed by atoms with Crippen molar-refractivity contribution in [3.8, 4) is 0 Å². The fourth-order valence-corrected chi connectivity index (χ4v) is 1.75. The Morgan fingerprint density at radius 3 is 2.81 bits per heavy atom. The number of nitrogens with zero attached hydrogens (tertiary/aromatic N) is 1. The van der Waals surface area contributed by atoms with E-state index >= 15 is 0 Å². The molecule has 0 aliphatic carbocycles. The minimum absolute atomic E-state index is 0.183. The summed E-state index contributed by atoms with van der Waals surface area (Å²) in [5.41, 5.74) is 5.22. The number of nitrogens with two attached hydrogens (primary N) is 1. The first-order valence-corrected chi connectivity index (χ1v) is 5.05. The highest BCUT2D eigenvalue weighted by Crippen LogP contribution is 2.20. The molecule has 1 amide bonds. The van der Waals surface area contributed by atoms with Crippen LogP contribution in [0.1, 0.15) is 6.42 Å². The van der Waals surface area contributed by atoms with E-state index in [2.05, 4.69) is 6.58 Å². The van der Waals surface area contributed by atoms with Gasteiger partial charge < -0.3 is 20.5 Å². The molecule has 1 aliphatic rings. The molecule has 1 aliphatic heterocycles. The Balaban J connectivity index is 2.64. The molecule has 16 heavy (non-hydrogen) atoms. The summed E-state index contributed by atoms with van der Waals surface area (Å²) >= 11 is 0. The van der Waals surface area contributed by atoms with Crippen molar-refractivity contribution >= 4 is 11.9 Å². The van der Waals surface area contributed by atoms with Gasteiger partial charge in [-0.1, -0.05) is 6.08 Å². The van der Waals surface area contributed by atoms with Crippen LogP contribution in [0.2, 0.25) is 0 Å². The van der Waals surface area contributed by atoms with Crippen LogP contribution in [0, 0.1) is 0 Å². The number of hydrogen-bond acceptors (Lipinski definition) is 4. The molecule has 1 rings (SSSR count). The second-order valence-corrected chi connectivity index (χ2v) is 3.58. The monoisotopic (exact) mass is 228 g/mol. The maximum absolute atomic E-state index is 11.4. The minimum Gasteiger partial charge on any atom is -0.480 e. The van der Waals surface area contributed by atoms with E-state index in [0.717, 1.165) is 0 Å². The van der Waals surface area contributed by atoms with Crippen LogP contribution in [0.5, 0.6) is 0 Å². The summed E-state index contributed by atoms with van der Waals surface area (Å²) in [6, 6.07) is -0.828. The average Bonchev–Trinajstić information content (AvgIpc) is 2.69. The fourth-order valence-electron chi connectivity index (χ4n) is 1.75. The SMILES string of the molecule is C=CCO[C@@H]1C[C@@H](C(=O)O)N(C(=O)CN)C1. The molecule has 2 atom stereocenters. The zero-order valence-corrected chi connectivity index (χ0v) is 8.96. The lowest BCUT2D eigenvalue weighted by Gasteiger charge is -2.20. The van der Waals surface area contributed by atoms with E-state index in [1.54, 1.807) is 6.08 Å². The van der Waals surface area contributed by atoms with E-state index in [-0.39, 0.29) is 25.1 Å². The molecule has 1 saturated heterocycles. The number of likely N-dealkylation sites (tertiary alicyclic amines) is 1. The number of rotatable bonds is 5. The van der Waals surface area contributed by atoms with Crippen molar-refractivity contribution < 1.29 is 19.4 Å². The van der Waals surface area contributed by atoms with Gasteiger partial charge in [-0.2, -0.15) is 0 Å². The molecule has 1 heterocycles. The fraction of sp³-hybridized carbons (Fsp3) is 0.600. The number of carbonyl (C=O) groups is 2. The topological polar surface area (TPSA) is 92.9 Å². The Morgan fingerprint density at radius 2 is 2.31 bits per heavy atom. The molecule has 0 aromatic heterocycles. The maximum atomic E-state index is 11.4. The Labute approximate surface area is 93.7 Å². The van der Waals surface area contributed by atoms with Gasteiger partial charge in [0.25, 0.3) is 0 Å². The zero-order valence-electron chi connectivity index (χ0n) is 8.96. The van der Waals surface area contributed by atoms with Gasteiger partial charge in [-0.25, -0.2) is 4.79 Å². The van der Waals surface area contributed by atoms with Gasteiger partial charge >= 0.3 is 5.97 Å². The molecule has 0 unspecified atom stereocenters. The molecule has 0 radical (unpaired) electrons. The van der Waals surface area contributed by atoms with Gasteiger partial charge in [0.15, 0.2) is 0 Å². The largest absolute Gasteiger partial charge is 0.480 e. The molecule has 0 aromatic rings. The predicted molar refractivity (Wildman–Crippen MR) is 56.7 cm³/mol. The van der Waals surface area contributed by atoms with E-state index in [4.69, 9.17) is 15.6 Å². The second kappa shape index (κ2) is 5.62. The maximum Gasteiger partial charge on any atom is 0.326 e. The number of ether oxygens (including phenoxy) is 1. The van der Waals surface area contributed by atoms with Crippen LogP contribution in [-0.4, -0.2) is 53.7 Å². The first kappa shape index (κ1) is 12.7. The second-order valence-electron chi connectivity index (χ2n) is 3.58. The molecule has 0 aromatic carbocycles. The predicted octanol–water partition coefficient (Wildman–Crippen LogP) is -0.798. The Bertz CT molecular complexity index is 293. The molecule has 1 fully saturated rings. The third-order valence-corrected chi connectivity index (χ3v) is 2.49. The number of hydrogen-bond donors (Lipinski definition) is 2. The van der Waals surface area contributed by atoms with Crippen molar-refractivity contribution in [2.24, 2.45) is 5.73 Å². The Hall–Kier alpha value is -1.40. The summed E-state index contributed by atoms with van der Waals surface area (Å²) in [5, 5.41) is 8.96. The summed E-state index contributed by atoms with van der Waals surface area (Å²) in [5.74, 6) is -1.39. The van der Waals surface area contributed by atoms with Crippen LogP contribution in [0.15, 0.2) is 12.7 Å². The highest BCUT2D eigenvalue weighted by atomic mass is 16.5. The lowest BCUT2D eigenvalue weighted by molar-refractivity contribution is -0.147. The number of carbonyl (C=O) groups excluding carboxylic acids is 1. The van der Waals surface area contributed by atoms with Crippen molar-refractivity contribution in [1.29, 1.82) is 0 Å². The van der Waals surface area contributed by atoms with Gasteiger partial charge in [0.1, 0.15) is 6.04 Å². The number of carboxylic acids is 1. The zero-order chi connectivity index (χ0) is 12.1. The van der Waals surface area contributed by atoms with Crippen LogP contribution in [-0.2, 0) is 14.3 Å². The molecule has 0 spiro atoms. The lowest BCUT2D eigenvalue weighted by atomic mass is 10.2. The summed E-state index contributed by atoms with van der Waals surface area (Å²) in [6.07, 6.45) is 1.63. The molecule has 0 bridgehead atoms. The molecule has 6 nitrogen and oxygen atoms in total. The van der Waals surface area contributed by atoms with Gasteiger partial charge in [0, 0.05) is 13.0 Å². The highest BCUT2D eigenvalue weighted by Gasteiger charge is 2.39. The molecular formula is C10H16N2O4.